The van der Waals surface area contributed by atoms with E-state index in [9.17, 15) is 9.59 Å². The monoisotopic (exact) mass is 270 g/mol. The standard InChI is InChI=1S/C14H26N2O3/c1-10(2)15-13(17)9-16-6-4-5-12(8-16)11(3)7-14(18)19/h10-12H,4-9H2,1-3H3,(H,15,17)(H,18,19). The Kier molecular flexibility index (Phi) is 6.28. The number of carboxylic acids is 1. The van der Waals surface area contributed by atoms with Crippen LogP contribution in [0.3, 0.4) is 0 Å². The summed E-state index contributed by atoms with van der Waals surface area (Å²) in [7, 11) is 0. The van der Waals surface area contributed by atoms with E-state index < -0.39 is 5.97 Å². The minimum absolute atomic E-state index is 0.0570. The maximum Gasteiger partial charge on any atom is 0.303 e. The number of piperidine rings is 1. The van der Waals surface area contributed by atoms with E-state index >= 15 is 0 Å². The van der Waals surface area contributed by atoms with Crippen LogP contribution in [0.25, 0.3) is 0 Å². The molecule has 0 aliphatic carbocycles. The van der Waals surface area contributed by atoms with E-state index in [1.807, 2.05) is 20.8 Å². The molecule has 0 bridgehead atoms. The Bertz CT molecular complexity index is 318. The van der Waals surface area contributed by atoms with Gasteiger partial charge in [-0.15, -0.1) is 0 Å². The van der Waals surface area contributed by atoms with Crippen molar-refractivity contribution in [1.29, 1.82) is 0 Å². The Morgan fingerprint density at radius 1 is 1.37 bits per heavy atom. The molecular weight excluding hydrogens is 244 g/mol. The van der Waals surface area contributed by atoms with E-state index in [4.69, 9.17) is 5.11 Å². The van der Waals surface area contributed by atoms with Gasteiger partial charge >= 0.3 is 5.97 Å². The quantitative estimate of drug-likeness (QED) is 0.764. The Morgan fingerprint density at radius 2 is 2.05 bits per heavy atom. The van der Waals surface area contributed by atoms with Crippen LogP contribution in [0.1, 0.15) is 40.0 Å². The second-order valence-electron chi connectivity index (χ2n) is 5.93. The van der Waals surface area contributed by atoms with Gasteiger partial charge in [-0.2, -0.15) is 0 Å². The number of nitrogens with zero attached hydrogens (tertiary/aromatic N) is 1. The summed E-state index contributed by atoms with van der Waals surface area (Å²) in [6.07, 6.45) is 2.33. The fraction of sp³-hybridized carbons (Fsp3) is 0.857. The van der Waals surface area contributed by atoms with E-state index in [-0.39, 0.29) is 24.3 Å². The molecule has 0 spiro atoms. The molecule has 0 radical (unpaired) electrons. The first kappa shape index (κ1) is 16.0. The number of carbonyl (C=O) groups excluding carboxylic acids is 1. The van der Waals surface area contributed by atoms with E-state index in [2.05, 4.69) is 10.2 Å². The van der Waals surface area contributed by atoms with Crippen LogP contribution in [0, 0.1) is 11.8 Å². The third-order valence-electron chi connectivity index (χ3n) is 3.66. The zero-order valence-corrected chi connectivity index (χ0v) is 12.2. The maximum atomic E-state index is 11.7. The summed E-state index contributed by atoms with van der Waals surface area (Å²) in [6.45, 7) is 8.09. The molecule has 1 heterocycles. The molecular formula is C14H26N2O3. The van der Waals surface area contributed by atoms with Gasteiger partial charge in [0.05, 0.1) is 6.54 Å². The van der Waals surface area contributed by atoms with Crippen LogP contribution < -0.4 is 5.32 Å². The Morgan fingerprint density at radius 3 is 2.63 bits per heavy atom. The molecule has 110 valence electrons. The highest BCUT2D eigenvalue weighted by Crippen LogP contribution is 2.25. The predicted octanol–water partition coefficient (Wildman–Crippen LogP) is 1.33. The van der Waals surface area contributed by atoms with Gasteiger partial charge in [0.1, 0.15) is 0 Å². The van der Waals surface area contributed by atoms with Crippen LogP contribution in [0.5, 0.6) is 0 Å². The van der Waals surface area contributed by atoms with Crippen LogP contribution in [-0.4, -0.2) is 47.6 Å². The fourth-order valence-electron chi connectivity index (χ4n) is 2.71. The minimum atomic E-state index is -0.734. The zero-order valence-electron chi connectivity index (χ0n) is 12.2. The molecule has 0 aromatic rings. The van der Waals surface area contributed by atoms with Gasteiger partial charge in [0.25, 0.3) is 0 Å². The van der Waals surface area contributed by atoms with E-state index in [0.717, 1.165) is 25.9 Å². The Hall–Kier alpha value is -1.10. The lowest BCUT2D eigenvalue weighted by atomic mass is 9.84. The van der Waals surface area contributed by atoms with Gasteiger partial charge in [-0.05, 0) is 45.1 Å². The molecule has 1 fully saturated rings. The predicted molar refractivity (Wildman–Crippen MR) is 73.9 cm³/mol. The average molecular weight is 270 g/mol. The van der Waals surface area contributed by atoms with Crippen molar-refractivity contribution in [3.8, 4) is 0 Å². The largest absolute Gasteiger partial charge is 0.481 e. The number of carboxylic acid groups (broad SMARTS) is 1. The first-order valence-corrected chi connectivity index (χ1v) is 7.12. The average Bonchev–Trinajstić information content (AvgIpc) is 2.27. The van der Waals surface area contributed by atoms with Crippen molar-refractivity contribution in [2.24, 2.45) is 11.8 Å². The van der Waals surface area contributed by atoms with Gasteiger partial charge in [0.15, 0.2) is 0 Å². The highest BCUT2D eigenvalue weighted by atomic mass is 16.4. The molecule has 1 aliphatic rings. The van der Waals surface area contributed by atoms with Crippen LogP contribution >= 0.6 is 0 Å². The molecule has 19 heavy (non-hydrogen) atoms. The van der Waals surface area contributed by atoms with Crippen LogP contribution in [0.4, 0.5) is 0 Å². The molecule has 2 atom stereocenters. The first-order chi connectivity index (χ1) is 8.88. The Balaban J connectivity index is 2.41. The number of hydrogen-bond acceptors (Lipinski definition) is 3. The van der Waals surface area contributed by atoms with Crippen molar-refractivity contribution in [2.45, 2.75) is 46.1 Å². The van der Waals surface area contributed by atoms with E-state index in [1.165, 1.54) is 0 Å². The summed E-state index contributed by atoms with van der Waals surface area (Å²) in [4.78, 5) is 24.6. The molecule has 5 nitrogen and oxygen atoms in total. The summed E-state index contributed by atoms with van der Waals surface area (Å²) in [5, 5.41) is 11.7. The van der Waals surface area contributed by atoms with Crippen LogP contribution in [0.15, 0.2) is 0 Å². The number of hydrogen-bond donors (Lipinski definition) is 2. The van der Waals surface area contributed by atoms with Gasteiger partial charge in [0.2, 0.25) is 5.91 Å². The molecule has 0 saturated carbocycles. The molecule has 1 rings (SSSR count). The third-order valence-corrected chi connectivity index (χ3v) is 3.66. The van der Waals surface area contributed by atoms with Crippen molar-refractivity contribution in [3.05, 3.63) is 0 Å². The second-order valence-corrected chi connectivity index (χ2v) is 5.93. The topological polar surface area (TPSA) is 69.6 Å². The fourth-order valence-corrected chi connectivity index (χ4v) is 2.71. The summed E-state index contributed by atoms with van der Waals surface area (Å²) in [5.74, 6) is -0.117. The van der Waals surface area contributed by atoms with Gasteiger partial charge in [-0.25, -0.2) is 0 Å². The lowest BCUT2D eigenvalue weighted by Gasteiger charge is -2.35. The van der Waals surface area contributed by atoms with Crippen molar-refractivity contribution in [2.75, 3.05) is 19.6 Å². The lowest BCUT2D eigenvalue weighted by Crippen LogP contribution is -2.45. The smallest absolute Gasteiger partial charge is 0.303 e. The molecule has 1 aliphatic heterocycles. The van der Waals surface area contributed by atoms with Gasteiger partial charge < -0.3 is 10.4 Å². The zero-order chi connectivity index (χ0) is 14.4. The lowest BCUT2D eigenvalue weighted by molar-refractivity contribution is -0.138. The number of rotatable bonds is 6. The summed E-state index contributed by atoms with van der Waals surface area (Å²) in [5.41, 5.74) is 0. The SMILES string of the molecule is CC(C)NC(=O)CN1CCCC(C(C)CC(=O)O)C1. The third kappa shape index (κ3) is 6.05. The molecule has 5 heteroatoms. The number of aliphatic carboxylic acids is 1. The van der Waals surface area contributed by atoms with Crippen molar-refractivity contribution in [3.63, 3.8) is 0 Å². The van der Waals surface area contributed by atoms with Crippen molar-refractivity contribution in [1.82, 2.24) is 10.2 Å². The molecule has 0 aromatic heterocycles. The molecule has 1 saturated heterocycles. The summed E-state index contributed by atoms with van der Waals surface area (Å²) >= 11 is 0. The summed E-state index contributed by atoms with van der Waals surface area (Å²) in [6, 6.07) is 0.166. The van der Waals surface area contributed by atoms with Crippen LogP contribution in [0.2, 0.25) is 0 Å². The molecule has 1 amide bonds. The van der Waals surface area contributed by atoms with E-state index in [0.29, 0.717) is 12.5 Å². The normalized spacial score (nSPS) is 22.2. The molecule has 2 unspecified atom stereocenters. The number of likely N-dealkylation sites (tertiary alicyclic amines) is 1. The van der Waals surface area contributed by atoms with E-state index in [1.54, 1.807) is 0 Å². The number of nitrogens with one attached hydrogen (secondary N) is 1. The van der Waals surface area contributed by atoms with Gasteiger partial charge in [-0.3, -0.25) is 14.5 Å². The van der Waals surface area contributed by atoms with Crippen LogP contribution in [-0.2, 0) is 9.59 Å². The van der Waals surface area contributed by atoms with Crippen molar-refractivity contribution >= 4 is 11.9 Å². The molecule has 0 aromatic carbocycles. The van der Waals surface area contributed by atoms with Gasteiger partial charge in [-0.1, -0.05) is 6.92 Å². The highest BCUT2D eigenvalue weighted by molar-refractivity contribution is 5.78. The molecule has 2 N–H and O–H groups in total. The summed E-state index contributed by atoms with van der Waals surface area (Å²) < 4.78 is 0. The number of carbonyl (C=O) groups is 2. The maximum absolute atomic E-state index is 11.7. The van der Waals surface area contributed by atoms with Crippen molar-refractivity contribution < 1.29 is 14.7 Å². The Labute approximate surface area is 115 Å². The minimum Gasteiger partial charge on any atom is -0.481 e. The number of amides is 1. The van der Waals surface area contributed by atoms with Gasteiger partial charge in [0, 0.05) is 19.0 Å². The first-order valence-electron chi connectivity index (χ1n) is 7.12. The highest BCUT2D eigenvalue weighted by Gasteiger charge is 2.26. The second kappa shape index (κ2) is 7.48.